The molecule has 0 N–H and O–H groups in total. The van der Waals surface area contributed by atoms with Gasteiger partial charge in [-0.1, -0.05) is 6.07 Å². The second-order valence-electron chi connectivity index (χ2n) is 6.81. The molecular formula is C20H21N5O4. The van der Waals surface area contributed by atoms with Crippen molar-refractivity contribution in [1.82, 2.24) is 24.4 Å². The summed E-state index contributed by atoms with van der Waals surface area (Å²) < 4.78 is 12.1. The lowest BCUT2D eigenvalue weighted by Crippen LogP contribution is -2.38. The highest BCUT2D eigenvalue weighted by Crippen LogP contribution is 2.17. The Morgan fingerprint density at radius 2 is 2.17 bits per heavy atom. The summed E-state index contributed by atoms with van der Waals surface area (Å²) in [6, 6.07) is 7.45. The Morgan fingerprint density at radius 3 is 2.97 bits per heavy atom. The van der Waals surface area contributed by atoms with Crippen molar-refractivity contribution >= 4 is 23.0 Å². The Balaban J connectivity index is 1.54. The molecule has 1 amide bonds. The average Bonchev–Trinajstić information content (AvgIpc) is 2.99. The van der Waals surface area contributed by atoms with Crippen LogP contribution >= 0.6 is 0 Å². The number of pyridine rings is 2. The minimum absolute atomic E-state index is 0.210. The maximum Gasteiger partial charge on any atom is 0.312 e. The zero-order chi connectivity index (χ0) is 20.2. The summed E-state index contributed by atoms with van der Waals surface area (Å²) in [5, 5.41) is 0. The molecule has 4 heterocycles. The largest absolute Gasteiger partial charge is 0.469 e. The number of hydrogen-bond donors (Lipinski definition) is 0. The highest BCUT2D eigenvalue weighted by molar-refractivity contribution is 5.96. The second-order valence-corrected chi connectivity index (χ2v) is 6.81. The van der Waals surface area contributed by atoms with Gasteiger partial charge >= 0.3 is 5.97 Å². The number of aromatic nitrogens is 4. The smallest absolute Gasteiger partial charge is 0.312 e. The van der Waals surface area contributed by atoms with Crippen molar-refractivity contribution in [2.45, 2.75) is 6.54 Å². The van der Waals surface area contributed by atoms with Crippen molar-refractivity contribution in [1.29, 1.82) is 0 Å². The summed E-state index contributed by atoms with van der Waals surface area (Å²) in [5.41, 5.74) is 2.62. The molecule has 3 aromatic rings. The molecule has 0 bridgehead atoms. The van der Waals surface area contributed by atoms with Gasteiger partial charge in [0.2, 0.25) is 0 Å². The van der Waals surface area contributed by atoms with Gasteiger partial charge in [-0.15, -0.1) is 0 Å². The molecule has 1 aliphatic heterocycles. The molecule has 0 aromatic carbocycles. The first-order chi connectivity index (χ1) is 14.2. The summed E-state index contributed by atoms with van der Waals surface area (Å²) in [4.78, 5) is 39.6. The van der Waals surface area contributed by atoms with Crippen LogP contribution in [0.15, 0.2) is 43.0 Å². The van der Waals surface area contributed by atoms with Crippen LogP contribution in [-0.4, -0.2) is 69.7 Å². The number of nitrogens with zero attached hydrogens (tertiary/aromatic N) is 5. The predicted octanol–water partition coefficient (Wildman–Crippen LogP) is 1.14. The van der Waals surface area contributed by atoms with Crippen LogP contribution in [0.5, 0.6) is 0 Å². The fourth-order valence-corrected chi connectivity index (χ4v) is 3.33. The van der Waals surface area contributed by atoms with Gasteiger partial charge in [0, 0.05) is 25.5 Å². The molecule has 1 fully saturated rings. The van der Waals surface area contributed by atoms with Crippen LogP contribution in [-0.2, 0) is 20.8 Å². The van der Waals surface area contributed by atoms with Gasteiger partial charge < -0.3 is 18.9 Å². The van der Waals surface area contributed by atoms with E-state index >= 15 is 0 Å². The van der Waals surface area contributed by atoms with E-state index in [-0.39, 0.29) is 25.0 Å². The number of carbonyl (C=O) groups excluding carboxylic acids is 2. The van der Waals surface area contributed by atoms with Crippen LogP contribution in [0.4, 0.5) is 0 Å². The van der Waals surface area contributed by atoms with Crippen molar-refractivity contribution in [3.05, 3.63) is 54.2 Å². The van der Waals surface area contributed by atoms with Crippen molar-refractivity contribution in [3.63, 3.8) is 0 Å². The molecule has 0 saturated carbocycles. The van der Waals surface area contributed by atoms with Gasteiger partial charge in [-0.2, -0.15) is 0 Å². The molecule has 0 spiro atoms. The minimum atomic E-state index is -0.499. The Labute approximate surface area is 167 Å². The molecule has 1 unspecified atom stereocenters. The summed E-state index contributed by atoms with van der Waals surface area (Å²) >= 11 is 0. The van der Waals surface area contributed by atoms with E-state index in [4.69, 9.17) is 9.47 Å². The summed E-state index contributed by atoms with van der Waals surface area (Å²) in [5.74, 6) is -1.09. The lowest BCUT2D eigenvalue weighted by Gasteiger charge is -2.22. The van der Waals surface area contributed by atoms with E-state index in [1.807, 2.05) is 22.8 Å². The zero-order valence-corrected chi connectivity index (χ0v) is 16.0. The van der Waals surface area contributed by atoms with Gasteiger partial charge in [0.05, 0.1) is 50.4 Å². The molecule has 1 atom stereocenters. The molecular weight excluding hydrogens is 374 g/mol. The zero-order valence-electron chi connectivity index (χ0n) is 16.0. The summed E-state index contributed by atoms with van der Waals surface area (Å²) in [6.45, 7) is 1.80. The van der Waals surface area contributed by atoms with E-state index in [1.54, 1.807) is 29.7 Å². The van der Waals surface area contributed by atoms with E-state index in [1.165, 1.54) is 7.11 Å². The van der Waals surface area contributed by atoms with Gasteiger partial charge in [0.15, 0.2) is 5.65 Å². The normalized spacial score (nSPS) is 17.1. The van der Waals surface area contributed by atoms with Crippen molar-refractivity contribution in [2.75, 3.05) is 33.4 Å². The van der Waals surface area contributed by atoms with Crippen LogP contribution < -0.4 is 0 Å². The quantitative estimate of drug-likeness (QED) is 0.611. The van der Waals surface area contributed by atoms with Gasteiger partial charge in [0.1, 0.15) is 5.52 Å². The molecule has 150 valence electrons. The Kier molecular flexibility index (Phi) is 5.48. The van der Waals surface area contributed by atoms with E-state index in [0.717, 1.165) is 5.69 Å². The van der Waals surface area contributed by atoms with Crippen molar-refractivity contribution in [2.24, 2.45) is 5.92 Å². The molecule has 4 rings (SSSR count). The Morgan fingerprint density at radius 1 is 1.28 bits per heavy atom. The molecule has 29 heavy (non-hydrogen) atoms. The standard InChI is InChI=1S/C20H21N5O4/c1-28-20(27)15-10-24(6-7-29-12-15)19(26)14-8-17-18(22-9-14)25(13-23-17)11-16-4-2-3-5-21-16/h2-5,8-9,13,15H,6-7,10-12H2,1H3. The number of methoxy groups -OCH3 is 1. The maximum absolute atomic E-state index is 13.0. The molecule has 1 saturated heterocycles. The highest BCUT2D eigenvalue weighted by Gasteiger charge is 2.29. The first-order valence-corrected chi connectivity index (χ1v) is 9.31. The predicted molar refractivity (Wildman–Crippen MR) is 103 cm³/mol. The van der Waals surface area contributed by atoms with Crippen LogP contribution in [0.2, 0.25) is 0 Å². The van der Waals surface area contributed by atoms with Gasteiger partial charge in [-0.05, 0) is 18.2 Å². The summed E-state index contributed by atoms with van der Waals surface area (Å²) in [6.07, 6.45) is 4.97. The number of hydrogen-bond acceptors (Lipinski definition) is 7. The monoisotopic (exact) mass is 395 g/mol. The van der Waals surface area contributed by atoms with Crippen LogP contribution in [0.25, 0.3) is 11.2 Å². The lowest BCUT2D eigenvalue weighted by molar-refractivity contribution is -0.147. The number of amides is 1. The number of rotatable bonds is 4. The van der Waals surface area contributed by atoms with E-state index in [9.17, 15) is 9.59 Å². The maximum atomic E-state index is 13.0. The van der Waals surface area contributed by atoms with E-state index in [0.29, 0.717) is 36.4 Å². The fraction of sp³-hybridized carbons (Fsp3) is 0.350. The van der Waals surface area contributed by atoms with E-state index in [2.05, 4.69) is 15.0 Å². The van der Waals surface area contributed by atoms with Crippen LogP contribution in [0.1, 0.15) is 16.1 Å². The van der Waals surface area contributed by atoms with Gasteiger partial charge in [-0.3, -0.25) is 14.6 Å². The molecule has 1 aliphatic rings. The minimum Gasteiger partial charge on any atom is -0.469 e. The second kappa shape index (κ2) is 8.36. The SMILES string of the molecule is COC(=O)C1COCCN(C(=O)c2cnc3c(c2)ncn3Cc2ccccn2)C1. The molecule has 9 nitrogen and oxygen atoms in total. The third-order valence-corrected chi connectivity index (χ3v) is 4.85. The topological polar surface area (TPSA) is 99.4 Å². The van der Waals surface area contributed by atoms with Crippen LogP contribution in [0.3, 0.4) is 0 Å². The van der Waals surface area contributed by atoms with Gasteiger partial charge in [-0.25, -0.2) is 9.97 Å². The fourth-order valence-electron chi connectivity index (χ4n) is 3.33. The first-order valence-electron chi connectivity index (χ1n) is 9.31. The Bertz CT molecular complexity index is 1020. The number of fused-ring (bicyclic) bond motifs is 1. The third-order valence-electron chi connectivity index (χ3n) is 4.85. The highest BCUT2D eigenvalue weighted by atomic mass is 16.5. The number of ether oxygens (including phenoxy) is 2. The molecule has 3 aromatic heterocycles. The van der Waals surface area contributed by atoms with E-state index < -0.39 is 5.92 Å². The molecule has 0 aliphatic carbocycles. The van der Waals surface area contributed by atoms with Crippen LogP contribution in [0, 0.1) is 5.92 Å². The third kappa shape index (κ3) is 4.09. The number of carbonyl (C=O) groups is 2. The van der Waals surface area contributed by atoms with Crippen molar-refractivity contribution in [3.8, 4) is 0 Å². The molecule has 9 heteroatoms. The first kappa shape index (κ1) is 19.0. The molecule has 0 radical (unpaired) electrons. The van der Waals surface area contributed by atoms with Gasteiger partial charge in [0.25, 0.3) is 5.91 Å². The lowest BCUT2D eigenvalue weighted by atomic mass is 10.1. The number of imidazole rings is 1. The number of esters is 1. The average molecular weight is 395 g/mol. The van der Waals surface area contributed by atoms with Crippen molar-refractivity contribution < 1.29 is 19.1 Å². The Hall–Kier alpha value is -3.33. The summed E-state index contributed by atoms with van der Waals surface area (Å²) in [7, 11) is 1.33.